The minimum atomic E-state index is -5.73. The molecule has 0 radical (unpaired) electrons. The summed E-state index contributed by atoms with van der Waals surface area (Å²) in [6.07, 6.45) is -15.3. The molecule has 1 unspecified atom stereocenters. The van der Waals surface area contributed by atoms with E-state index in [2.05, 4.69) is 27.9 Å². The van der Waals surface area contributed by atoms with Crippen molar-refractivity contribution >= 4 is 23.2 Å². The van der Waals surface area contributed by atoms with Crippen molar-refractivity contribution in [3.63, 3.8) is 0 Å². The van der Waals surface area contributed by atoms with Gasteiger partial charge in [-0.25, -0.2) is 4.39 Å². The van der Waals surface area contributed by atoms with Crippen LogP contribution in [0, 0.1) is 0 Å². The van der Waals surface area contributed by atoms with Crippen molar-refractivity contribution in [3.8, 4) is 0 Å². The first-order valence-electron chi connectivity index (χ1n) is 2.62. The molecule has 0 aromatic carbocycles. The fraction of sp³-hybridized carbons (Fsp3) is 1.00. The summed E-state index contributed by atoms with van der Waals surface area (Å²) in [4.78, 5) is 0. The van der Waals surface area contributed by atoms with E-state index in [0.29, 0.717) is 0 Å². The van der Waals surface area contributed by atoms with Crippen LogP contribution in [-0.4, -0.2) is 23.5 Å². The Labute approximate surface area is 78.5 Å². The molecule has 13 heavy (non-hydrogen) atoms. The molecule has 0 aromatic rings. The van der Waals surface area contributed by atoms with Gasteiger partial charge in [-0.15, -0.1) is 0 Å². The molecule has 0 amide bonds. The van der Waals surface area contributed by atoms with Crippen molar-refractivity contribution in [2.45, 2.75) is 23.5 Å². The van der Waals surface area contributed by atoms with E-state index >= 15 is 0 Å². The monoisotopic (exact) mass is 250 g/mol. The van der Waals surface area contributed by atoms with Gasteiger partial charge < -0.3 is 0 Å². The molecule has 0 saturated carbocycles. The second kappa shape index (κ2) is 4.10. The molecule has 0 saturated heterocycles. The highest BCUT2D eigenvalue weighted by Crippen LogP contribution is 2.37. The van der Waals surface area contributed by atoms with E-state index in [1.165, 1.54) is 0 Å². The van der Waals surface area contributed by atoms with Crippen molar-refractivity contribution in [1.29, 1.82) is 0 Å². The van der Waals surface area contributed by atoms with Crippen molar-refractivity contribution in [2.24, 2.45) is 0 Å². The third-order valence-electron chi connectivity index (χ3n) is 0.829. The zero-order valence-electron chi connectivity index (χ0n) is 5.59. The van der Waals surface area contributed by atoms with Gasteiger partial charge in [0.2, 0.25) is 5.02 Å². The second-order valence-corrected chi connectivity index (χ2v) is 2.86. The predicted molar refractivity (Wildman–Crippen MR) is 32.5 cm³/mol. The first-order valence-corrected chi connectivity index (χ1v) is 3.49. The van der Waals surface area contributed by atoms with Crippen molar-refractivity contribution < 1.29 is 31.1 Å². The summed E-state index contributed by atoms with van der Waals surface area (Å²) in [7, 11) is 0. The molecule has 0 bridgehead atoms. The summed E-state index contributed by atoms with van der Waals surface area (Å²) >= 11 is 9.17. The first-order chi connectivity index (χ1) is 5.57. The Hall–Kier alpha value is 0.120. The fourth-order valence-electron chi connectivity index (χ4n) is 0.369. The third kappa shape index (κ3) is 4.24. The van der Waals surface area contributed by atoms with Gasteiger partial charge in [0.1, 0.15) is 0 Å². The van der Waals surface area contributed by atoms with Crippen molar-refractivity contribution in [1.82, 2.24) is 0 Å². The molecule has 0 aliphatic carbocycles. The van der Waals surface area contributed by atoms with Gasteiger partial charge in [-0.1, -0.05) is 23.2 Å². The van der Waals surface area contributed by atoms with Crippen molar-refractivity contribution in [3.05, 3.63) is 0 Å². The van der Waals surface area contributed by atoms with Gasteiger partial charge in [-0.2, -0.15) is 22.0 Å². The second-order valence-electron chi connectivity index (χ2n) is 1.84. The molecule has 0 aliphatic heterocycles. The Morgan fingerprint density at radius 3 is 1.62 bits per heavy atom. The first kappa shape index (κ1) is 13.1. The Kier molecular flexibility index (Phi) is 4.14. The molecular formula is C4H2Cl2F6O. The minimum absolute atomic E-state index is 2.24. The number of hydrogen-bond donors (Lipinski definition) is 0. The molecule has 0 aromatic heterocycles. The summed E-state index contributed by atoms with van der Waals surface area (Å²) in [5.74, 6) is 0. The van der Waals surface area contributed by atoms with Crippen LogP contribution in [0.15, 0.2) is 0 Å². The number of ether oxygens (including phenoxy) is 1. The minimum Gasteiger partial charge on any atom is -0.284 e. The lowest BCUT2D eigenvalue weighted by Crippen LogP contribution is -2.44. The zero-order valence-corrected chi connectivity index (χ0v) is 7.10. The largest absolute Gasteiger partial charge is 0.428 e. The van der Waals surface area contributed by atoms with E-state index in [1.807, 2.05) is 0 Å². The Bertz CT molecular complexity index is 169. The molecule has 1 atom stereocenters. The van der Waals surface area contributed by atoms with E-state index in [4.69, 9.17) is 0 Å². The lowest BCUT2D eigenvalue weighted by Gasteiger charge is -2.22. The smallest absolute Gasteiger partial charge is 0.284 e. The molecule has 0 rings (SSSR count). The highest BCUT2D eigenvalue weighted by Gasteiger charge is 2.58. The Morgan fingerprint density at radius 1 is 1.00 bits per heavy atom. The average molecular weight is 251 g/mol. The molecule has 0 heterocycles. The van der Waals surface area contributed by atoms with Gasteiger partial charge >= 0.3 is 12.3 Å². The van der Waals surface area contributed by atoms with Gasteiger partial charge in [0.05, 0.1) is 0 Å². The number of hydrogen-bond acceptors (Lipinski definition) is 1. The van der Waals surface area contributed by atoms with Crippen LogP contribution < -0.4 is 0 Å². The molecular weight excluding hydrogens is 249 g/mol. The van der Waals surface area contributed by atoms with E-state index in [9.17, 15) is 26.3 Å². The zero-order chi connectivity index (χ0) is 10.9. The lowest BCUT2D eigenvalue weighted by molar-refractivity contribution is -0.334. The summed E-state index contributed by atoms with van der Waals surface area (Å²) in [6, 6.07) is 0. The maximum absolute atomic E-state index is 12.1. The molecule has 9 heteroatoms. The number of alkyl halides is 8. The summed E-state index contributed by atoms with van der Waals surface area (Å²) < 4.78 is 73.2. The fourth-order valence-corrected chi connectivity index (χ4v) is 0.607. The average Bonchev–Trinajstić information content (AvgIpc) is 1.80. The quantitative estimate of drug-likeness (QED) is 0.552. The van der Waals surface area contributed by atoms with E-state index in [-0.39, 0.29) is 0 Å². The van der Waals surface area contributed by atoms with Gasteiger partial charge in [0.15, 0.2) is 0 Å². The van der Waals surface area contributed by atoms with Crippen molar-refractivity contribution in [2.75, 3.05) is 0 Å². The molecule has 1 nitrogen and oxygen atoms in total. The van der Waals surface area contributed by atoms with Gasteiger partial charge in [-0.3, -0.25) is 4.74 Å². The normalized spacial score (nSPS) is 16.4. The maximum atomic E-state index is 12.1. The standard InChI is InChI=1S/C4H2Cl2F6O/c5-2(6)13-4(11,12)1(7)3(8,9)10/h1-2H. The third-order valence-corrected chi connectivity index (χ3v) is 1.01. The molecule has 0 spiro atoms. The molecule has 0 aliphatic rings. The SMILES string of the molecule is FC(C(F)(F)F)C(F)(F)OC(Cl)Cl. The number of halogens is 8. The summed E-state index contributed by atoms with van der Waals surface area (Å²) in [5, 5.41) is -2.24. The van der Waals surface area contributed by atoms with Crippen LogP contribution in [0.3, 0.4) is 0 Å². The van der Waals surface area contributed by atoms with Crippen LogP contribution in [-0.2, 0) is 4.74 Å². The molecule has 0 N–H and O–H groups in total. The molecule has 0 fully saturated rings. The highest BCUT2D eigenvalue weighted by molar-refractivity contribution is 6.43. The van der Waals surface area contributed by atoms with Gasteiger partial charge in [0, 0.05) is 0 Å². The summed E-state index contributed by atoms with van der Waals surface area (Å²) in [5.41, 5.74) is 0. The predicted octanol–water partition coefficient (Wildman–Crippen LogP) is 3.26. The maximum Gasteiger partial charge on any atom is 0.428 e. The number of rotatable bonds is 3. The summed E-state index contributed by atoms with van der Waals surface area (Å²) in [6.45, 7) is 0. The van der Waals surface area contributed by atoms with Crippen LogP contribution in [0.2, 0.25) is 0 Å². The van der Waals surface area contributed by atoms with Crippen LogP contribution in [0.25, 0.3) is 0 Å². The Balaban J connectivity index is 4.45. The van der Waals surface area contributed by atoms with E-state index in [0.717, 1.165) is 0 Å². The van der Waals surface area contributed by atoms with Gasteiger partial charge in [0.25, 0.3) is 6.17 Å². The van der Waals surface area contributed by atoms with Gasteiger partial charge in [-0.05, 0) is 0 Å². The lowest BCUT2D eigenvalue weighted by atomic mass is 10.3. The highest BCUT2D eigenvalue weighted by atomic mass is 35.5. The Morgan fingerprint density at radius 2 is 1.38 bits per heavy atom. The van der Waals surface area contributed by atoms with Crippen LogP contribution in [0.5, 0.6) is 0 Å². The van der Waals surface area contributed by atoms with E-state index in [1.54, 1.807) is 0 Å². The van der Waals surface area contributed by atoms with Crippen LogP contribution in [0.1, 0.15) is 0 Å². The van der Waals surface area contributed by atoms with Crippen LogP contribution in [0.4, 0.5) is 26.3 Å². The topological polar surface area (TPSA) is 9.23 Å². The van der Waals surface area contributed by atoms with E-state index < -0.39 is 23.5 Å². The van der Waals surface area contributed by atoms with Crippen LogP contribution >= 0.6 is 23.2 Å². The molecule has 80 valence electrons.